The Hall–Kier alpha value is -1.32. The Balaban J connectivity index is 2.40. The lowest BCUT2D eigenvalue weighted by atomic mass is 10.00. The van der Waals surface area contributed by atoms with Crippen LogP contribution in [0.1, 0.15) is 27.7 Å². The van der Waals surface area contributed by atoms with Gasteiger partial charge in [-0.25, -0.2) is 0 Å². The average molecular weight is 248 g/mol. The molecule has 1 unspecified atom stereocenters. The van der Waals surface area contributed by atoms with E-state index in [9.17, 15) is 5.11 Å². The van der Waals surface area contributed by atoms with Crippen molar-refractivity contribution in [3.8, 4) is 5.75 Å². The molecule has 3 heteroatoms. The molecule has 2 rings (SSSR count). The maximum absolute atomic E-state index is 10.4. The SMILES string of the molecule is COc1ccsc1C(O)c1ccc(C)cc1C. The zero-order valence-corrected chi connectivity index (χ0v) is 11.0. The molecule has 0 amide bonds. The van der Waals surface area contributed by atoms with Crippen LogP contribution in [0.15, 0.2) is 29.6 Å². The van der Waals surface area contributed by atoms with Gasteiger partial charge in [0.05, 0.1) is 12.0 Å². The average Bonchev–Trinajstić information content (AvgIpc) is 2.76. The third-order valence-corrected chi connectivity index (χ3v) is 3.80. The van der Waals surface area contributed by atoms with Crippen molar-refractivity contribution in [3.63, 3.8) is 0 Å². The van der Waals surface area contributed by atoms with E-state index in [4.69, 9.17) is 4.74 Å². The van der Waals surface area contributed by atoms with E-state index in [0.717, 1.165) is 21.8 Å². The van der Waals surface area contributed by atoms with Gasteiger partial charge >= 0.3 is 0 Å². The number of rotatable bonds is 3. The minimum absolute atomic E-state index is 0.606. The van der Waals surface area contributed by atoms with Gasteiger partial charge in [-0.15, -0.1) is 11.3 Å². The molecule has 0 spiro atoms. The van der Waals surface area contributed by atoms with Crippen LogP contribution in [0, 0.1) is 13.8 Å². The van der Waals surface area contributed by atoms with Crippen molar-refractivity contribution in [2.24, 2.45) is 0 Å². The van der Waals surface area contributed by atoms with Crippen LogP contribution >= 0.6 is 11.3 Å². The highest BCUT2D eigenvalue weighted by Crippen LogP contribution is 2.35. The van der Waals surface area contributed by atoms with Crippen molar-refractivity contribution >= 4 is 11.3 Å². The van der Waals surface area contributed by atoms with Gasteiger partial charge in [0.15, 0.2) is 0 Å². The van der Waals surface area contributed by atoms with Crippen LogP contribution in [-0.2, 0) is 0 Å². The molecule has 17 heavy (non-hydrogen) atoms. The lowest BCUT2D eigenvalue weighted by molar-refractivity contribution is 0.218. The van der Waals surface area contributed by atoms with Gasteiger partial charge in [0, 0.05) is 0 Å². The summed E-state index contributed by atoms with van der Waals surface area (Å²) < 4.78 is 5.24. The fourth-order valence-corrected chi connectivity index (χ4v) is 2.81. The van der Waals surface area contributed by atoms with Crippen LogP contribution in [0.5, 0.6) is 5.75 Å². The lowest BCUT2D eigenvalue weighted by Crippen LogP contribution is -2.01. The third kappa shape index (κ3) is 2.35. The van der Waals surface area contributed by atoms with Crippen LogP contribution in [0.2, 0.25) is 0 Å². The van der Waals surface area contributed by atoms with E-state index in [1.807, 2.05) is 30.5 Å². The molecule has 0 saturated heterocycles. The first-order valence-electron chi connectivity index (χ1n) is 5.50. The molecule has 1 N–H and O–H groups in total. The predicted molar refractivity (Wildman–Crippen MR) is 70.8 cm³/mol. The lowest BCUT2D eigenvalue weighted by Gasteiger charge is -2.14. The van der Waals surface area contributed by atoms with E-state index in [-0.39, 0.29) is 0 Å². The summed E-state index contributed by atoms with van der Waals surface area (Å²) in [7, 11) is 1.63. The Kier molecular flexibility index (Phi) is 3.50. The van der Waals surface area contributed by atoms with E-state index in [0.29, 0.717) is 0 Å². The number of ether oxygens (including phenoxy) is 1. The summed E-state index contributed by atoms with van der Waals surface area (Å²) in [4.78, 5) is 0.861. The number of benzene rings is 1. The molecule has 1 atom stereocenters. The fraction of sp³-hybridized carbons (Fsp3) is 0.286. The number of aryl methyl sites for hydroxylation is 2. The zero-order chi connectivity index (χ0) is 12.4. The maximum atomic E-state index is 10.4. The van der Waals surface area contributed by atoms with Crippen molar-refractivity contribution in [3.05, 3.63) is 51.2 Å². The van der Waals surface area contributed by atoms with Crippen LogP contribution in [0.25, 0.3) is 0 Å². The van der Waals surface area contributed by atoms with Gasteiger partial charge in [-0.1, -0.05) is 23.8 Å². The number of hydrogen-bond donors (Lipinski definition) is 1. The number of thiophene rings is 1. The van der Waals surface area contributed by atoms with Crippen molar-refractivity contribution < 1.29 is 9.84 Å². The molecule has 1 aromatic heterocycles. The summed E-state index contributed by atoms with van der Waals surface area (Å²) in [5.74, 6) is 0.752. The second-order valence-electron chi connectivity index (χ2n) is 4.12. The van der Waals surface area contributed by atoms with E-state index >= 15 is 0 Å². The van der Waals surface area contributed by atoms with Crippen LogP contribution in [-0.4, -0.2) is 12.2 Å². The fourth-order valence-electron chi connectivity index (χ4n) is 1.95. The first kappa shape index (κ1) is 12.1. The van der Waals surface area contributed by atoms with E-state index in [1.165, 1.54) is 16.9 Å². The summed E-state index contributed by atoms with van der Waals surface area (Å²) in [6.45, 7) is 4.07. The standard InChI is InChI=1S/C14H16O2S/c1-9-4-5-11(10(2)8-9)13(15)14-12(16-3)6-7-17-14/h4-8,13,15H,1-3H3. The number of hydrogen-bond acceptors (Lipinski definition) is 3. The Morgan fingerprint density at radius 1 is 1.24 bits per heavy atom. The second-order valence-corrected chi connectivity index (χ2v) is 5.06. The van der Waals surface area contributed by atoms with Crippen molar-refractivity contribution in [1.82, 2.24) is 0 Å². The van der Waals surface area contributed by atoms with Gasteiger partial charge in [-0.2, -0.15) is 0 Å². The van der Waals surface area contributed by atoms with Crippen molar-refractivity contribution in [1.29, 1.82) is 0 Å². The molecule has 2 aromatic rings. The number of aliphatic hydroxyl groups is 1. The highest BCUT2D eigenvalue weighted by Gasteiger charge is 2.18. The maximum Gasteiger partial charge on any atom is 0.135 e. The molecule has 1 heterocycles. The number of aliphatic hydroxyl groups excluding tert-OH is 1. The van der Waals surface area contributed by atoms with Crippen LogP contribution < -0.4 is 4.74 Å². The Morgan fingerprint density at radius 2 is 2.00 bits per heavy atom. The predicted octanol–water partition coefficient (Wildman–Crippen LogP) is 3.46. The molecule has 0 aliphatic rings. The summed E-state index contributed by atoms with van der Waals surface area (Å²) in [6.07, 6.45) is -0.606. The smallest absolute Gasteiger partial charge is 0.135 e. The molecule has 0 radical (unpaired) electrons. The molecule has 1 aromatic carbocycles. The monoisotopic (exact) mass is 248 g/mol. The first-order chi connectivity index (χ1) is 8.13. The molecule has 0 bridgehead atoms. The topological polar surface area (TPSA) is 29.5 Å². The van der Waals surface area contributed by atoms with Gasteiger partial charge in [0.25, 0.3) is 0 Å². The van der Waals surface area contributed by atoms with Crippen molar-refractivity contribution in [2.75, 3.05) is 7.11 Å². The third-order valence-electron chi connectivity index (χ3n) is 2.85. The van der Waals surface area contributed by atoms with Crippen LogP contribution in [0.3, 0.4) is 0 Å². The van der Waals surface area contributed by atoms with E-state index < -0.39 is 6.10 Å². The molecule has 2 nitrogen and oxygen atoms in total. The van der Waals surface area contributed by atoms with Crippen LogP contribution in [0.4, 0.5) is 0 Å². The first-order valence-corrected chi connectivity index (χ1v) is 6.38. The quantitative estimate of drug-likeness (QED) is 0.901. The molecular weight excluding hydrogens is 232 g/mol. The van der Waals surface area contributed by atoms with Crippen molar-refractivity contribution in [2.45, 2.75) is 20.0 Å². The molecule has 0 aliphatic heterocycles. The molecular formula is C14H16O2S. The highest BCUT2D eigenvalue weighted by molar-refractivity contribution is 7.10. The Morgan fingerprint density at radius 3 is 2.65 bits per heavy atom. The van der Waals surface area contributed by atoms with Gasteiger partial charge < -0.3 is 9.84 Å². The molecule has 0 fully saturated rings. The second kappa shape index (κ2) is 4.90. The molecule has 0 aliphatic carbocycles. The van der Waals surface area contributed by atoms with Gasteiger partial charge in [0.2, 0.25) is 0 Å². The Bertz CT molecular complexity index is 517. The zero-order valence-electron chi connectivity index (χ0n) is 10.2. The van der Waals surface area contributed by atoms with Gasteiger partial charge in [-0.3, -0.25) is 0 Å². The molecule has 0 saturated carbocycles. The summed E-state index contributed by atoms with van der Waals surface area (Å²) in [5, 5.41) is 12.3. The van der Waals surface area contributed by atoms with Gasteiger partial charge in [0.1, 0.15) is 11.9 Å². The summed E-state index contributed by atoms with van der Waals surface area (Å²) in [5.41, 5.74) is 3.25. The number of methoxy groups -OCH3 is 1. The van der Waals surface area contributed by atoms with E-state index in [2.05, 4.69) is 13.0 Å². The highest BCUT2D eigenvalue weighted by atomic mass is 32.1. The normalized spacial score (nSPS) is 12.5. The summed E-state index contributed by atoms with van der Waals surface area (Å²) in [6, 6.07) is 7.96. The molecule has 90 valence electrons. The minimum atomic E-state index is -0.606. The van der Waals surface area contributed by atoms with E-state index in [1.54, 1.807) is 7.11 Å². The minimum Gasteiger partial charge on any atom is -0.495 e. The van der Waals surface area contributed by atoms with Gasteiger partial charge in [-0.05, 0) is 36.4 Å². The Labute approximate surface area is 105 Å². The largest absolute Gasteiger partial charge is 0.495 e. The summed E-state index contributed by atoms with van der Waals surface area (Å²) >= 11 is 1.51.